The monoisotopic (exact) mass is 217 g/mol. The number of carboxylic acid groups (broad SMARTS) is 1. The molecule has 0 amide bonds. The van der Waals surface area contributed by atoms with Gasteiger partial charge in [-0.15, -0.1) is 0 Å². The van der Waals surface area contributed by atoms with Crippen LogP contribution in [0.3, 0.4) is 0 Å². The Morgan fingerprint density at radius 2 is 1.81 bits per heavy atom. The number of rotatable bonds is 3. The fraction of sp³-hybridized carbons (Fsp3) is 0.308. The Kier molecular flexibility index (Phi) is 3.25. The maximum Gasteiger partial charge on any atom is 0.333 e. The highest BCUT2D eigenvalue weighted by Crippen LogP contribution is 2.26. The molecular formula is C13H15NO2. The van der Waals surface area contributed by atoms with Gasteiger partial charge >= 0.3 is 5.97 Å². The molecule has 0 spiro atoms. The number of carboxylic acids is 1. The Labute approximate surface area is 94.8 Å². The van der Waals surface area contributed by atoms with Crippen LogP contribution in [0.4, 0.5) is 5.69 Å². The van der Waals surface area contributed by atoms with Gasteiger partial charge in [0.05, 0.1) is 5.57 Å². The molecule has 0 bridgehead atoms. The lowest BCUT2D eigenvalue weighted by atomic mass is 9.96. The fourth-order valence-corrected chi connectivity index (χ4v) is 1.98. The summed E-state index contributed by atoms with van der Waals surface area (Å²) in [6.07, 6.45) is 3.54. The number of allylic oxidation sites excluding steroid dienone is 1. The second kappa shape index (κ2) is 4.84. The molecule has 0 radical (unpaired) electrons. The molecule has 1 aromatic carbocycles. The van der Waals surface area contributed by atoms with Crippen molar-refractivity contribution >= 4 is 11.7 Å². The summed E-state index contributed by atoms with van der Waals surface area (Å²) >= 11 is 0. The molecule has 2 rings (SSSR count). The summed E-state index contributed by atoms with van der Waals surface area (Å²) in [7, 11) is 0. The van der Waals surface area contributed by atoms with Crippen molar-refractivity contribution in [1.82, 2.24) is 0 Å². The van der Waals surface area contributed by atoms with Crippen LogP contribution in [0.1, 0.15) is 25.7 Å². The SMILES string of the molecule is O=C(O)C1=C(Nc2ccccc2)CCCC1. The summed E-state index contributed by atoms with van der Waals surface area (Å²) in [5.74, 6) is -0.793. The third-order valence-corrected chi connectivity index (χ3v) is 2.80. The van der Waals surface area contributed by atoms with Gasteiger partial charge in [-0.2, -0.15) is 0 Å². The van der Waals surface area contributed by atoms with Crippen molar-refractivity contribution in [3.63, 3.8) is 0 Å². The highest BCUT2D eigenvalue weighted by molar-refractivity contribution is 5.88. The third kappa shape index (κ3) is 2.42. The van der Waals surface area contributed by atoms with E-state index in [2.05, 4.69) is 5.32 Å². The number of benzene rings is 1. The van der Waals surface area contributed by atoms with Gasteiger partial charge in [-0.3, -0.25) is 0 Å². The topological polar surface area (TPSA) is 49.3 Å². The number of hydrogen-bond acceptors (Lipinski definition) is 2. The van der Waals surface area contributed by atoms with E-state index in [4.69, 9.17) is 5.11 Å². The zero-order chi connectivity index (χ0) is 11.4. The van der Waals surface area contributed by atoms with E-state index < -0.39 is 5.97 Å². The van der Waals surface area contributed by atoms with Gasteiger partial charge in [0.25, 0.3) is 0 Å². The molecule has 0 aliphatic heterocycles. The van der Waals surface area contributed by atoms with Gasteiger partial charge in [0.15, 0.2) is 0 Å². The first-order valence-electron chi connectivity index (χ1n) is 5.55. The number of nitrogens with one attached hydrogen (secondary N) is 1. The van der Waals surface area contributed by atoms with E-state index in [1.807, 2.05) is 30.3 Å². The van der Waals surface area contributed by atoms with Crippen LogP contribution < -0.4 is 5.32 Å². The lowest BCUT2D eigenvalue weighted by Gasteiger charge is -2.19. The van der Waals surface area contributed by atoms with Crippen molar-refractivity contribution in [2.75, 3.05) is 5.32 Å². The van der Waals surface area contributed by atoms with Crippen LogP contribution in [0.15, 0.2) is 41.6 Å². The lowest BCUT2D eigenvalue weighted by Crippen LogP contribution is -2.14. The van der Waals surface area contributed by atoms with Gasteiger partial charge in [-0.1, -0.05) is 18.2 Å². The van der Waals surface area contributed by atoms with Crippen molar-refractivity contribution < 1.29 is 9.90 Å². The quantitative estimate of drug-likeness (QED) is 0.818. The maximum absolute atomic E-state index is 11.1. The summed E-state index contributed by atoms with van der Waals surface area (Å²) < 4.78 is 0. The van der Waals surface area contributed by atoms with E-state index in [1.54, 1.807) is 0 Å². The number of anilines is 1. The number of carbonyl (C=O) groups is 1. The van der Waals surface area contributed by atoms with E-state index in [9.17, 15) is 4.79 Å². The minimum absolute atomic E-state index is 0.537. The molecule has 1 aliphatic carbocycles. The fourth-order valence-electron chi connectivity index (χ4n) is 1.98. The molecule has 0 aromatic heterocycles. The summed E-state index contributed by atoms with van der Waals surface area (Å²) in [4.78, 5) is 11.1. The second-order valence-electron chi connectivity index (χ2n) is 3.96. The van der Waals surface area contributed by atoms with Crippen molar-refractivity contribution in [2.45, 2.75) is 25.7 Å². The van der Waals surface area contributed by atoms with Gasteiger partial charge in [0, 0.05) is 11.4 Å². The Bertz CT molecular complexity index is 409. The first-order valence-corrected chi connectivity index (χ1v) is 5.55. The zero-order valence-corrected chi connectivity index (χ0v) is 9.07. The van der Waals surface area contributed by atoms with Crippen molar-refractivity contribution in [3.05, 3.63) is 41.6 Å². The molecule has 16 heavy (non-hydrogen) atoms. The van der Waals surface area contributed by atoms with Gasteiger partial charge in [0.2, 0.25) is 0 Å². The molecule has 3 heteroatoms. The maximum atomic E-state index is 11.1. The van der Waals surface area contributed by atoms with E-state index >= 15 is 0 Å². The van der Waals surface area contributed by atoms with E-state index in [1.165, 1.54) is 0 Å². The van der Waals surface area contributed by atoms with Crippen LogP contribution in [0.5, 0.6) is 0 Å². The molecule has 0 saturated heterocycles. The van der Waals surface area contributed by atoms with Gasteiger partial charge in [-0.05, 0) is 37.8 Å². The predicted octanol–water partition coefficient (Wildman–Crippen LogP) is 3.01. The Morgan fingerprint density at radius 3 is 2.50 bits per heavy atom. The molecular weight excluding hydrogens is 202 g/mol. The molecule has 1 aliphatic rings. The molecule has 0 fully saturated rings. The average Bonchev–Trinajstić information content (AvgIpc) is 2.31. The summed E-state index contributed by atoms with van der Waals surface area (Å²) in [5.41, 5.74) is 2.36. The molecule has 0 heterocycles. The Hall–Kier alpha value is -1.77. The summed E-state index contributed by atoms with van der Waals surface area (Å²) in [6.45, 7) is 0. The van der Waals surface area contributed by atoms with E-state index in [-0.39, 0.29) is 0 Å². The largest absolute Gasteiger partial charge is 0.478 e. The van der Waals surface area contributed by atoms with Crippen LogP contribution in [-0.4, -0.2) is 11.1 Å². The van der Waals surface area contributed by atoms with Crippen LogP contribution in [0.25, 0.3) is 0 Å². The van der Waals surface area contributed by atoms with Crippen molar-refractivity contribution in [1.29, 1.82) is 0 Å². The predicted molar refractivity (Wildman–Crippen MR) is 63.2 cm³/mol. The molecule has 0 saturated carbocycles. The first-order chi connectivity index (χ1) is 7.77. The molecule has 0 atom stereocenters. The number of aliphatic carboxylic acids is 1. The third-order valence-electron chi connectivity index (χ3n) is 2.80. The lowest BCUT2D eigenvalue weighted by molar-refractivity contribution is -0.133. The zero-order valence-electron chi connectivity index (χ0n) is 9.07. The minimum Gasteiger partial charge on any atom is -0.478 e. The van der Waals surface area contributed by atoms with E-state index in [0.29, 0.717) is 12.0 Å². The molecule has 0 unspecified atom stereocenters. The number of para-hydroxylation sites is 1. The van der Waals surface area contributed by atoms with Crippen LogP contribution in [0.2, 0.25) is 0 Å². The molecule has 1 aromatic rings. The molecule has 84 valence electrons. The van der Waals surface area contributed by atoms with Crippen LogP contribution >= 0.6 is 0 Å². The van der Waals surface area contributed by atoms with Crippen LogP contribution in [-0.2, 0) is 4.79 Å². The van der Waals surface area contributed by atoms with Gasteiger partial charge in [0.1, 0.15) is 0 Å². The van der Waals surface area contributed by atoms with E-state index in [0.717, 1.165) is 30.6 Å². The first kappa shape index (κ1) is 10.7. The van der Waals surface area contributed by atoms with Gasteiger partial charge in [-0.25, -0.2) is 4.79 Å². The van der Waals surface area contributed by atoms with Gasteiger partial charge < -0.3 is 10.4 Å². The second-order valence-corrected chi connectivity index (χ2v) is 3.96. The molecule has 2 N–H and O–H groups in total. The smallest absolute Gasteiger partial charge is 0.333 e. The highest BCUT2D eigenvalue weighted by atomic mass is 16.4. The highest BCUT2D eigenvalue weighted by Gasteiger charge is 2.18. The standard InChI is InChI=1S/C13H15NO2/c15-13(16)11-8-4-5-9-12(11)14-10-6-2-1-3-7-10/h1-3,6-7,14H,4-5,8-9H2,(H,15,16). The minimum atomic E-state index is -0.793. The Balaban J connectivity index is 2.21. The van der Waals surface area contributed by atoms with Crippen molar-refractivity contribution in [2.24, 2.45) is 0 Å². The molecule has 3 nitrogen and oxygen atoms in total. The Morgan fingerprint density at radius 1 is 1.12 bits per heavy atom. The number of hydrogen-bond donors (Lipinski definition) is 2. The summed E-state index contributed by atoms with van der Waals surface area (Å²) in [6, 6.07) is 9.71. The van der Waals surface area contributed by atoms with Crippen LogP contribution in [0, 0.1) is 0 Å². The normalized spacial score (nSPS) is 16.0. The summed E-state index contributed by atoms with van der Waals surface area (Å²) in [5, 5.41) is 12.3. The average molecular weight is 217 g/mol. The van der Waals surface area contributed by atoms with Crippen molar-refractivity contribution in [3.8, 4) is 0 Å².